The number of rotatable bonds is 3. The average Bonchev–Trinajstić information content (AvgIpc) is 2.15. The van der Waals surface area contributed by atoms with Crippen molar-refractivity contribution in [3.8, 4) is 5.75 Å². The first-order chi connectivity index (χ1) is 6.92. The van der Waals surface area contributed by atoms with Crippen molar-refractivity contribution in [2.75, 3.05) is 6.61 Å². The summed E-state index contributed by atoms with van der Waals surface area (Å²) in [5, 5.41) is 0. The Morgan fingerprint density at radius 3 is 2.53 bits per heavy atom. The molecule has 0 heterocycles. The van der Waals surface area contributed by atoms with Crippen molar-refractivity contribution in [2.45, 2.75) is 6.18 Å². The highest BCUT2D eigenvalue weighted by Gasteiger charge is 2.28. The molecule has 0 amide bonds. The fraction of sp³-hybridized carbons (Fsp3) is 0.222. The van der Waals surface area contributed by atoms with E-state index in [0.29, 0.717) is 6.29 Å². The lowest BCUT2D eigenvalue weighted by molar-refractivity contribution is -0.153. The number of hydrogen-bond acceptors (Lipinski definition) is 2. The third kappa shape index (κ3) is 3.57. The van der Waals surface area contributed by atoms with E-state index in [2.05, 4.69) is 4.74 Å². The Morgan fingerprint density at radius 2 is 2.00 bits per heavy atom. The molecule has 0 radical (unpaired) electrons. The van der Waals surface area contributed by atoms with Gasteiger partial charge in [0, 0.05) is 5.56 Å². The summed E-state index contributed by atoms with van der Waals surface area (Å²) in [6, 6.07) is 2.92. The number of ether oxygens (including phenoxy) is 1. The number of hydrogen-bond donors (Lipinski definition) is 0. The number of benzene rings is 1. The van der Waals surface area contributed by atoms with Crippen LogP contribution in [0.25, 0.3) is 0 Å². The Labute approximate surface area is 82.5 Å². The van der Waals surface area contributed by atoms with Crippen LogP contribution in [0.4, 0.5) is 17.6 Å². The topological polar surface area (TPSA) is 26.3 Å². The van der Waals surface area contributed by atoms with Gasteiger partial charge in [0.25, 0.3) is 0 Å². The highest BCUT2D eigenvalue weighted by molar-refractivity contribution is 5.75. The quantitative estimate of drug-likeness (QED) is 0.580. The van der Waals surface area contributed by atoms with E-state index in [1.807, 2.05) is 0 Å². The van der Waals surface area contributed by atoms with Crippen LogP contribution in [-0.2, 0) is 0 Å². The van der Waals surface area contributed by atoms with E-state index in [4.69, 9.17) is 0 Å². The van der Waals surface area contributed by atoms with Crippen molar-refractivity contribution in [2.24, 2.45) is 0 Å². The summed E-state index contributed by atoms with van der Waals surface area (Å²) in [6.45, 7) is -1.59. The van der Waals surface area contributed by atoms with E-state index in [1.54, 1.807) is 0 Å². The summed E-state index contributed by atoms with van der Waals surface area (Å²) in [4.78, 5) is 10.3. The van der Waals surface area contributed by atoms with Crippen LogP contribution < -0.4 is 4.74 Å². The molecular formula is C9H6F4O2. The van der Waals surface area contributed by atoms with E-state index in [0.717, 1.165) is 18.2 Å². The predicted octanol–water partition coefficient (Wildman–Crippen LogP) is 2.58. The van der Waals surface area contributed by atoms with Crippen molar-refractivity contribution in [3.05, 3.63) is 29.6 Å². The van der Waals surface area contributed by atoms with Gasteiger partial charge in [-0.1, -0.05) is 0 Å². The van der Waals surface area contributed by atoms with Crippen molar-refractivity contribution < 1.29 is 27.1 Å². The zero-order valence-electron chi connectivity index (χ0n) is 7.34. The normalized spacial score (nSPS) is 11.2. The first-order valence-electron chi connectivity index (χ1n) is 3.86. The molecular weight excluding hydrogens is 216 g/mol. The Balaban J connectivity index is 2.80. The number of carbonyl (C=O) groups excluding carboxylic acids is 1. The molecule has 0 aliphatic rings. The van der Waals surface area contributed by atoms with Gasteiger partial charge in [0.1, 0.15) is 6.29 Å². The summed E-state index contributed by atoms with van der Waals surface area (Å²) < 4.78 is 52.3. The molecule has 2 nitrogen and oxygen atoms in total. The number of halogens is 4. The van der Waals surface area contributed by atoms with Crippen molar-refractivity contribution >= 4 is 6.29 Å². The fourth-order valence-corrected chi connectivity index (χ4v) is 0.863. The molecule has 0 unspecified atom stereocenters. The maximum absolute atomic E-state index is 12.9. The van der Waals surface area contributed by atoms with Crippen LogP contribution in [0.15, 0.2) is 18.2 Å². The molecule has 1 aromatic rings. The molecule has 0 spiro atoms. The molecule has 0 fully saturated rings. The Bertz CT molecular complexity index is 360. The van der Waals surface area contributed by atoms with Crippen LogP contribution in [0.3, 0.4) is 0 Å². The van der Waals surface area contributed by atoms with E-state index in [9.17, 15) is 22.4 Å². The molecule has 0 aliphatic carbocycles. The smallest absolute Gasteiger partial charge is 0.422 e. The summed E-state index contributed by atoms with van der Waals surface area (Å²) in [7, 11) is 0. The minimum absolute atomic E-state index is 0.0496. The minimum Gasteiger partial charge on any atom is -0.481 e. The van der Waals surface area contributed by atoms with E-state index >= 15 is 0 Å². The highest BCUT2D eigenvalue weighted by Crippen LogP contribution is 2.21. The minimum atomic E-state index is -4.54. The molecule has 0 bridgehead atoms. The van der Waals surface area contributed by atoms with E-state index in [1.165, 1.54) is 0 Å². The lowest BCUT2D eigenvalue weighted by atomic mass is 10.2. The van der Waals surface area contributed by atoms with Gasteiger partial charge >= 0.3 is 6.18 Å². The molecule has 0 aliphatic heterocycles. The van der Waals surface area contributed by atoms with Crippen LogP contribution >= 0.6 is 0 Å². The van der Waals surface area contributed by atoms with E-state index < -0.39 is 24.3 Å². The standard InChI is InChI=1S/C9H6F4O2/c10-7-2-1-6(4-14)3-8(7)15-5-9(11,12)13/h1-4H,5H2. The molecule has 0 atom stereocenters. The third-order valence-corrected chi connectivity index (χ3v) is 1.48. The van der Waals surface area contributed by atoms with Crippen LogP contribution in [0.1, 0.15) is 10.4 Å². The van der Waals surface area contributed by atoms with Gasteiger partial charge in [0.05, 0.1) is 0 Å². The van der Waals surface area contributed by atoms with Gasteiger partial charge in [-0.3, -0.25) is 4.79 Å². The van der Waals surface area contributed by atoms with Gasteiger partial charge in [-0.25, -0.2) is 4.39 Å². The van der Waals surface area contributed by atoms with Crippen LogP contribution in [-0.4, -0.2) is 19.1 Å². The van der Waals surface area contributed by atoms with Gasteiger partial charge in [-0.2, -0.15) is 13.2 Å². The van der Waals surface area contributed by atoms with Gasteiger partial charge in [0.2, 0.25) is 0 Å². The van der Waals surface area contributed by atoms with Crippen LogP contribution in [0.5, 0.6) is 5.75 Å². The largest absolute Gasteiger partial charge is 0.481 e. The monoisotopic (exact) mass is 222 g/mol. The van der Waals surface area contributed by atoms with Crippen molar-refractivity contribution in [1.82, 2.24) is 0 Å². The maximum atomic E-state index is 12.9. The molecule has 0 saturated heterocycles. The molecule has 0 aromatic heterocycles. The van der Waals surface area contributed by atoms with Crippen LogP contribution in [0, 0.1) is 5.82 Å². The summed E-state index contributed by atoms with van der Waals surface area (Å²) in [6.07, 6.45) is -4.15. The van der Waals surface area contributed by atoms with E-state index in [-0.39, 0.29) is 5.56 Å². The molecule has 6 heteroatoms. The average molecular weight is 222 g/mol. The summed E-state index contributed by atoms with van der Waals surface area (Å²) in [5.74, 6) is -1.53. The Hall–Kier alpha value is -1.59. The first-order valence-corrected chi connectivity index (χ1v) is 3.86. The van der Waals surface area contributed by atoms with Gasteiger partial charge in [-0.15, -0.1) is 0 Å². The van der Waals surface area contributed by atoms with Crippen molar-refractivity contribution in [3.63, 3.8) is 0 Å². The summed E-state index contributed by atoms with van der Waals surface area (Å²) >= 11 is 0. The first kappa shape index (κ1) is 11.5. The molecule has 0 N–H and O–H groups in total. The zero-order chi connectivity index (χ0) is 11.5. The number of aldehydes is 1. The van der Waals surface area contributed by atoms with Gasteiger partial charge in [0.15, 0.2) is 18.2 Å². The lowest BCUT2D eigenvalue weighted by Gasteiger charge is -2.09. The highest BCUT2D eigenvalue weighted by atomic mass is 19.4. The molecule has 1 aromatic carbocycles. The second-order valence-corrected chi connectivity index (χ2v) is 2.71. The SMILES string of the molecule is O=Cc1ccc(F)c(OCC(F)(F)F)c1. The lowest BCUT2D eigenvalue weighted by Crippen LogP contribution is -2.19. The Kier molecular flexibility index (Phi) is 3.28. The number of alkyl halides is 3. The molecule has 82 valence electrons. The second-order valence-electron chi connectivity index (χ2n) is 2.71. The molecule has 15 heavy (non-hydrogen) atoms. The molecule has 0 saturated carbocycles. The third-order valence-electron chi connectivity index (χ3n) is 1.48. The second kappa shape index (κ2) is 4.29. The fourth-order valence-electron chi connectivity index (χ4n) is 0.863. The Morgan fingerprint density at radius 1 is 1.33 bits per heavy atom. The van der Waals surface area contributed by atoms with Crippen LogP contribution in [0.2, 0.25) is 0 Å². The number of carbonyl (C=O) groups is 1. The van der Waals surface area contributed by atoms with Gasteiger partial charge in [-0.05, 0) is 18.2 Å². The maximum Gasteiger partial charge on any atom is 0.422 e. The predicted molar refractivity (Wildman–Crippen MR) is 43.3 cm³/mol. The van der Waals surface area contributed by atoms with Crippen molar-refractivity contribution in [1.29, 1.82) is 0 Å². The molecule has 1 rings (SSSR count). The summed E-state index contributed by atoms with van der Waals surface area (Å²) in [5.41, 5.74) is 0.0496. The van der Waals surface area contributed by atoms with Gasteiger partial charge < -0.3 is 4.74 Å². The zero-order valence-corrected chi connectivity index (χ0v) is 7.34.